The molecule has 0 bridgehead atoms. The maximum absolute atomic E-state index is 8.94. The van der Waals surface area contributed by atoms with Gasteiger partial charge in [0.05, 0.1) is 0 Å². The van der Waals surface area contributed by atoms with Crippen molar-refractivity contribution in [2.24, 2.45) is 5.92 Å². The van der Waals surface area contributed by atoms with Crippen LogP contribution >= 0.6 is 0 Å². The lowest BCUT2D eigenvalue weighted by atomic mass is 10.1. The van der Waals surface area contributed by atoms with Gasteiger partial charge in [0.25, 0.3) is 0 Å². The van der Waals surface area contributed by atoms with Crippen LogP contribution in [0.25, 0.3) is 0 Å². The third kappa shape index (κ3) is 3.74. The Morgan fingerprint density at radius 1 is 1.44 bits per heavy atom. The predicted octanol–water partition coefficient (Wildman–Crippen LogP) is 2.26. The molecule has 0 heterocycles. The number of aryl methyl sites for hydroxylation is 1. The molecule has 3 heteroatoms. The Labute approximate surface area is 97.7 Å². The molecule has 0 saturated carbocycles. The first kappa shape index (κ1) is 12.8. The number of anilines is 2. The topological polar surface area (TPSA) is 58.3 Å². The first-order valence-corrected chi connectivity index (χ1v) is 5.90. The quantitative estimate of drug-likeness (QED) is 0.647. The van der Waals surface area contributed by atoms with E-state index in [2.05, 4.69) is 18.3 Å². The number of aliphatic hydroxyl groups is 1. The molecule has 1 atom stereocenters. The lowest BCUT2D eigenvalue weighted by Crippen LogP contribution is -2.14. The second-order valence-electron chi connectivity index (χ2n) is 4.33. The third-order valence-corrected chi connectivity index (χ3v) is 2.63. The summed E-state index contributed by atoms with van der Waals surface area (Å²) in [5.41, 5.74) is 9.03. The SMILES string of the molecule is CCCc1cc(NCC(C)CO)ccc1N. The fourth-order valence-corrected chi connectivity index (χ4v) is 1.56. The van der Waals surface area contributed by atoms with Gasteiger partial charge in [0.2, 0.25) is 0 Å². The van der Waals surface area contributed by atoms with Crippen molar-refractivity contribution in [3.8, 4) is 0 Å². The number of hydrogen-bond donors (Lipinski definition) is 3. The van der Waals surface area contributed by atoms with Crippen LogP contribution < -0.4 is 11.1 Å². The van der Waals surface area contributed by atoms with Crippen molar-refractivity contribution in [1.82, 2.24) is 0 Å². The zero-order valence-electron chi connectivity index (χ0n) is 10.2. The van der Waals surface area contributed by atoms with Gasteiger partial charge in [-0.1, -0.05) is 20.3 Å². The van der Waals surface area contributed by atoms with E-state index in [1.165, 1.54) is 5.56 Å². The summed E-state index contributed by atoms with van der Waals surface area (Å²) in [4.78, 5) is 0. The molecule has 0 spiro atoms. The second-order valence-corrected chi connectivity index (χ2v) is 4.33. The molecule has 0 radical (unpaired) electrons. The van der Waals surface area contributed by atoms with E-state index in [-0.39, 0.29) is 12.5 Å². The number of nitrogens with two attached hydrogens (primary N) is 1. The molecule has 0 aromatic heterocycles. The minimum atomic E-state index is 0.212. The molecule has 4 N–H and O–H groups in total. The number of hydrogen-bond acceptors (Lipinski definition) is 3. The lowest BCUT2D eigenvalue weighted by Gasteiger charge is -2.13. The standard InChI is InChI=1S/C13H22N2O/c1-3-4-11-7-12(5-6-13(11)14)15-8-10(2)9-16/h5-7,10,15-16H,3-4,8-9,14H2,1-2H3. The molecule has 0 saturated heterocycles. The molecule has 90 valence electrons. The Morgan fingerprint density at radius 2 is 2.19 bits per heavy atom. The summed E-state index contributed by atoms with van der Waals surface area (Å²) in [6, 6.07) is 6.03. The Kier molecular flexibility index (Phi) is 5.12. The highest BCUT2D eigenvalue weighted by Gasteiger charge is 2.02. The molecule has 0 aliphatic heterocycles. The van der Waals surface area contributed by atoms with E-state index in [1.807, 2.05) is 19.1 Å². The zero-order valence-corrected chi connectivity index (χ0v) is 10.2. The Bertz CT molecular complexity index is 326. The molecule has 0 fully saturated rings. The molecule has 1 rings (SSSR count). The fourth-order valence-electron chi connectivity index (χ4n) is 1.56. The van der Waals surface area contributed by atoms with Crippen molar-refractivity contribution in [3.63, 3.8) is 0 Å². The van der Waals surface area contributed by atoms with Gasteiger partial charge < -0.3 is 16.2 Å². The first-order chi connectivity index (χ1) is 7.67. The van der Waals surface area contributed by atoms with Gasteiger partial charge in [0.1, 0.15) is 0 Å². The molecular weight excluding hydrogens is 200 g/mol. The molecular formula is C13H22N2O. The van der Waals surface area contributed by atoms with Crippen LogP contribution in [-0.2, 0) is 6.42 Å². The Balaban J connectivity index is 2.63. The van der Waals surface area contributed by atoms with Gasteiger partial charge in [0, 0.05) is 24.5 Å². The van der Waals surface area contributed by atoms with Crippen molar-refractivity contribution in [1.29, 1.82) is 0 Å². The van der Waals surface area contributed by atoms with Crippen LogP contribution in [0.2, 0.25) is 0 Å². The minimum Gasteiger partial charge on any atom is -0.399 e. The summed E-state index contributed by atoms with van der Waals surface area (Å²) in [5, 5.41) is 12.2. The van der Waals surface area contributed by atoms with Gasteiger partial charge in [-0.3, -0.25) is 0 Å². The van der Waals surface area contributed by atoms with E-state index < -0.39 is 0 Å². The fraction of sp³-hybridized carbons (Fsp3) is 0.538. The minimum absolute atomic E-state index is 0.212. The van der Waals surface area contributed by atoms with Gasteiger partial charge in [-0.05, 0) is 36.1 Å². The molecule has 1 aromatic rings. The molecule has 0 aliphatic carbocycles. The maximum atomic E-state index is 8.94. The van der Waals surface area contributed by atoms with E-state index in [4.69, 9.17) is 10.8 Å². The molecule has 16 heavy (non-hydrogen) atoms. The summed E-state index contributed by atoms with van der Waals surface area (Å²) in [7, 11) is 0. The van der Waals surface area contributed by atoms with Crippen molar-refractivity contribution in [2.45, 2.75) is 26.7 Å². The highest BCUT2D eigenvalue weighted by atomic mass is 16.3. The van der Waals surface area contributed by atoms with E-state index in [9.17, 15) is 0 Å². The zero-order chi connectivity index (χ0) is 12.0. The average molecular weight is 222 g/mol. The monoisotopic (exact) mass is 222 g/mol. The Morgan fingerprint density at radius 3 is 2.81 bits per heavy atom. The van der Waals surface area contributed by atoms with E-state index in [1.54, 1.807) is 0 Å². The molecule has 1 aromatic carbocycles. The van der Waals surface area contributed by atoms with Crippen molar-refractivity contribution < 1.29 is 5.11 Å². The molecule has 0 amide bonds. The lowest BCUT2D eigenvalue weighted by molar-refractivity contribution is 0.244. The van der Waals surface area contributed by atoms with E-state index in [0.717, 1.165) is 30.8 Å². The van der Waals surface area contributed by atoms with Crippen molar-refractivity contribution >= 4 is 11.4 Å². The molecule has 3 nitrogen and oxygen atoms in total. The van der Waals surface area contributed by atoms with Crippen LogP contribution in [0.15, 0.2) is 18.2 Å². The van der Waals surface area contributed by atoms with Gasteiger partial charge in [-0.15, -0.1) is 0 Å². The second kappa shape index (κ2) is 6.38. The van der Waals surface area contributed by atoms with Gasteiger partial charge in [-0.2, -0.15) is 0 Å². The maximum Gasteiger partial charge on any atom is 0.0473 e. The van der Waals surface area contributed by atoms with Crippen LogP contribution in [0, 0.1) is 5.92 Å². The van der Waals surface area contributed by atoms with E-state index >= 15 is 0 Å². The largest absolute Gasteiger partial charge is 0.399 e. The molecule has 0 aliphatic rings. The number of benzene rings is 1. The Hall–Kier alpha value is -1.22. The highest BCUT2D eigenvalue weighted by Crippen LogP contribution is 2.19. The third-order valence-electron chi connectivity index (χ3n) is 2.63. The molecule has 1 unspecified atom stereocenters. The van der Waals surface area contributed by atoms with E-state index in [0.29, 0.717) is 0 Å². The van der Waals surface area contributed by atoms with Crippen molar-refractivity contribution in [3.05, 3.63) is 23.8 Å². The van der Waals surface area contributed by atoms with Gasteiger partial charge in [0.15, 0.2) is 0 Å². The number of nitrogens with one attached hydrogen (secondary N) is 1. The summed E-state index contributed by atoms with van der Waals surface area (Å²) in [5.74, 6) is 0.271. The summed E-state index contributed by atoms with van der Waals surface area (Å²) >= 11 is 0. The van der Waals surface area contributed by atoms with Crippen LogP contribution in [0.5, 0.6) is 0 Å². The summed E-state index contributed by atoms with van der Waals surface area (Å²) in [6.07, 6.45) is 2.11. The summed E-state index contributed by atoms with van der Waals surface area (Å²) in [6.45, 7) is 5.15. The van der Waals surface area contributed by atoms with Crippen LogP contribution in [0.1, 0.15) is 25.8 Å². The van der Waals surface area contributed by atoms with Crippen LogP contribution in [0.3, 0.4) is 0 Å². The first-order valence-electron chi connectivity index (χ1n) is 5.90. The van der Waals surface area contributed by atoms with Crippen LogP contribution in [0.4, 0.5) is 11.4 Å². The number of nitrogen functional groups attached to an aromatic ring is 1. The average Bonchev–Trinajstić information content (AvgIpc) is 2.30. The number of aliphatic hydroxyl groups excluding tert-OH is 1. The van der Waals surface area contributed by atoms with Gasteiger partial charge >= 0.3 is 0 Å². The van der Waals surface area contributed by atoms with Gasteiger partial charge in [-0.25, -0.2) is 0 Å². The predicted molar refractivity (Wildman–Crippen MR) is 69.6 cm³/mol. The smallest absolute Gasteiger partial charge is 0.0473 e. The highest BCUT2D eigenvalue weighted by molar-refractivity contribution is 5.57. The van der Waals surface area contributed by atoms with Crippen LogP contribution in [-0.4, -0.2) is 18.3 Å². The number of rotatable bonds is 6. The normalized spacial score (nSPS) is 12.4. The van der Waals surface area contributed by atoms with Crippen molar-refractivity contribution in [2.75, 3.05) is 24.2 Å². The summed E-state index contributed by atoms with van der Waals surface area (Å²) < 4.78 is 0.